The van der Waals surface area contributed by atoms with Gasteiger partial charge in [0.1, 0.15) is 0 Å². The Hall–Kier alpha value is 0.217. The van der Waals surface area contributed by atoms with Gasteiger partial charge in [0.15, 0.2) is 0 Å². The number of rotatable bonds is 3. The lowest BCUT2D eigenvalue weighted by Crippen LogP contribution is -2.20. The maximum atomic E-state index is 2.48. The second-order valence-electron chi connectivity index (χ2n) is 5.37. The van der Waals surface area contributed by atoms with E-state index in [1.165, 1.54) is 44.6 Å². The van der Waals surface area contributed by atoms with Crippen molar-refractivity contribution in [1.82, 2.24) is 0 Å². The number of hydrogen-bond acceptors (Lipinski definition) is 0. The minimum Gasteiger partial charge on any atom is -0.0695 e. The van der Waals surface area contributed by atoms with Crippen LogP contribution in [-0.4, -0.2) is 8.07 Å². The topological polar surface area (TPSA) is 0 Å². The third-order valence-corrected chi connectivity index (χ3v) is 4.54. The molecule has 0 aromatic heterocycles. The molecule has 0 aliphatic heterocycles. The first-order valence-electron chi connectivity index (χ1n) is 5.41. The highest BCUT2D eigenvalue weighted by Gasteiger charge is 2.18. The van der Waals surface area contributed by atoms with Crippen molar-refractivity contribution in [1.29, 1.82) is 0 Å². The van der Waals surface area contributed by atoms with Gasteiger partial charge in [-0.05, 0) is 25.2 Å². The zero-order valence-electron chi connectivity index (χ0n) is 8.95. The Morgan fingerprint density at radius 3 is 2.08 bits per heavy atom. The van der Waals surface area contributed by atoms with Gasteiger partial charge in [0.2, 0.25) is 0 Å². The van der Waals surface area contributed by atoms with Crippen molar-refractivity contribution in [3.63, 3.8) is 0 Å². The molecule has 0 aromatic carbocycles. The first kappa shape index (κ1) is 10.3. The summed E-state index contributed by atoms with van der Waals surface area (Å²) in [5.74, 6) is 1.88. The van der Waals surface area contributed by atoms with Gasteiger partial charge in [0.25, 0.3) is 0 Å². The predicted octanol–water partition coefficient (Wildman–Crippen LogP) is 4.25. The van der Waals surface area contributed by atoms with Crippen LogP contribution in [0.5, 0.6) is 0 Å². The molecule has 0 nitrogen and oxygen atoms in total. The van der Waals surface area contributed by atoms with Crippen LogP contribution in [-0.2, 0) is 0 Å². The molecular formula is C11H23Si. The van der Waals surface area contributed by atoms with Crippen LogP contribution in [0, 0.1) is 5.92 Å². The minimum atomic E-state index is -0.762. The smallest absolute Gasteiger partial charge is 0.0442 e. The molecular weight excluding hydrogens is 160 g/mol. The second kappa shape index (κ2) is 4.45. The van der Waals surface area contributed by atoms with Crippen LogP contribution in [0.25, 0.3) is 0 Å². The van der Waals surface area contributed by atoms with E-state index in [4.69, 9.17) is 0 Å². The van der Waals surface area contributed by atoms with Gasteiger partial charge in [-0.15, -0.1) is 0 Å². The first-order valence-corrected chi connectivity index (χ1v) is 9.12. The van der Waals surface area contributed by atoms with Gasteiger partial charge in [-0.25, -0.2) is 0 Å². The SMILES string of the molecule is C[Si](C)(C)CC[C]1CCCCC1. The third-order valence-electron chi connectivity index (χ3n) is 2.79. The van der Waals surface area contributed by atoms with Crippen LogP contribution in [0.15, 0.2) is 0 Å². The molecule has 1 saturated carbocycles. The molecule has 1 aliphatic rings. The van der Waals surface area contributed by atoms with E-state index in [0.717, 1.165) is 0 Å². The molecule has 1 heteroatoms. The molecule has 0 heterocycles. The molecule has 1 aliphatic carbocycles. The maximum absolute atomic E-state index is 2.48. The first-order chi connectivity index (χ1) is 5.58. The molecule has 0 aromatic rings. The second-order valence-corrected chi connectivity index (χ2v) is 11.0. The van der Waals surface area contributed by atoms with Gasteiger partial charge in [-0.1, -0.05) is 44.9 Å². The fraction of sp³-hybridized carbons (Fsp3) is 0.909. The maximum Gasteiger partial charge on any atom is 0.0442 e. The Morgan fingerprint density at radius 2 is 1.58 bits per heavy atom. The summed E-state index contributed by atoms with van der Waals surface area (Å²) in [7, 11) is -0.762. The standard InChI is InChI=1S/C11H23Si/c1-12(2,3)10-9-11-7-5-4-6-8-11/h4-10H2,1-3H3. The van der Waals surface area contributed by atoms with Crippen molar-refractivity contribution in [2.75, 3.05) is 0 Å². The Kier molecular flexibility index (Phi) is 3.82. The summed E-state index contributed by atoms with van der Waals surface area (Å²) in [6.07, 6.45) is 8.78. The highest BCUT2D eigenvalue weighted by Crippen LogP contribution is 2.31. The van der Waals surface area contributed by atoms with Crippen LogP contribution in [0.2, 0.25) is 25.7 Å². The normalized spacial score (nSPS) is 21.2. The van der Waals surface area contributed by atoms with Crippen LogP contribution < -0.4 is 0 Å². The van der Waals surface area contributed by atoms with Crippen molar-refractivity contribution in [2.24, 2.45) is 0 Å². The van der Waals surface area contributed by atoms with Crippen LogP contribution in [0.4, 0.5) is 0 Å². The lowest BCUT2D eigenvalue weighted by atomic mass is 9.88. The molecule has 0 atom stereocenters. The Bertz CT molecular complexity index is 117. The minimum absolute atomic E-state index is 0.762. The molecule has 0 saturated heterocycles. The lowest BCUT2D eigenvalue weighted by molar-refractivity contribution is 0.514. The molecule has 1 fully saturated rings. The average molecular weight is 183 g/mol. The van der Waals surface area contributed by atoms with E-state index in [1.54, 1.807) is 0 Å². The molecule has 0 N–H and O–H groups in total. The van der Waals surface area contributed by atoms with E-state index >= 15 is 0 Å². The molecule has 71 valence electrons. The Balaban J connectivity index is 2.13. The van der Waals surface area contributed by atoms with Crippen LogP contribution in [0.1, 0.15) is 38.5 Å². The Morgan fingerprint density at radius 1 is 1.00 bits per heavy atom. The van der Waals surface area contributed by atoms with Crippen molar-refractivity contribution < 1.29 is 0 Å². The van der Waals surface area contributed by atoms with Crippen molar-refractivity contribution in [3.8, 4) is 0 Å². The van der Waals surface area contributed by atoms with Crippen LogP contribution >= 0.6 is 0 Å². The zero-order chi connectivity index (χ0) is 9.03. The van der Waals surface area contributed by atoms with Gasteiger partial charge in [-0.3, -0.25) is 0 Å². The highest BCUT2D eigenvalue weighted by molar-refractivity contribution is 6.76. The van der Waals surface area contributed by atoms with E-state index in [9.17, 15) is 0 Å². The molecule has 0 spiro atoms. The highest BCUT2D eigenvalue weighted by atomic mass is 28.3. The van der Waals surface area contributed by atoms with Gasteiger partial charge in [-0.2, -0.15) is 0 Å². The largest absolute Gasteiger partial charge is 0.0695 e. The van der Waals surface area contributed by atoms with E-state index < -0.39 is 8.07 Å². The summed E-state index contributed by atoms with van der Waals surface area (Å²) in [5, 5.41) is 0. The average Bonchev–Trinajstić information content (AvgIpc) is 2.02. The molecule has 0 bridgehead atoms. The lowest BCUT2D eigenvalue weighted by Gasteiger charge is -2.24. The molecule has 0 unspecified atom stereocenters. The monoisotopic (exact) mass is 183 g/mol. The summed E-state index contributed by atoms with van der Waals surface area (Å²) in [4.78, 5) is 0. The fourth-order valence-electron chi connectivity index (χ4n) is 1.85. The predicted molar refractivity (Wildman–Crippen MR) is 59.1 cm³/mol. The molecule has 1 rings (SSSR count). The van der Waals surface area contributed by atoms with Crippen molar-refractivity contribution in [2.45, 2.75) is 64.2 Å². The van der Waals surface area contributed by atoms with Gasteiger partial charge in [0.05, 0.1) is 0 Å². The van der Waals surface area contributed by atoms with Gasteiger partial charge in [0, 0.05) is 8.07 Å². The van der Waals surface area contributed by atoms with Crippen molar-refractivity contribution >= 4 is 8.07 Å². The van der Waals surface area contributed by atoms with E-state index in [-0.39, 0.29) is 0 Å². The summed E-state index contributed by atoms with van der Waals surface area (Å²) < 4.78 is 0. The van der Waals surface area contributed by atoms with Gasteiger partial charge >= 0.3 is 0 Å². The van der Waals surface area contributed by atoms with Gasteiger partial charge < -0.3 is 0 Å². The summed E-state index contributed by atoms with van der Waals surface area (Å²) >= 11 is 0. The number of hydrogen-bond donors (Lipinski definition) is 0. The zero-order valence-corrected chi connectivity index (χ0v) is 9.95. The summed E-state index contributed by atoms with van der Waals surface area (Å²) in [5.41, 5.74) is 0. The molecule has 12 heavy (non-hydrogen) atoms. The summed E-state index contributed by atoms with van der Waals surface area (Å²) in [6.45, 7) is 7.45. The summed E-state index contributed by atoms with van der Waals surface area (Å²) in [6, 6.07) is 1.52. The quantitative estimate of drug-likeness (QED) is 0.574. The van der Waals surface area contributed by atoms with Crippen molar-refractivity contribution in [3.05, 3.63) is 5.92 Å². The van der Waals surface area contributed by atoms with E-state index in [1.807, 2.05) is 5.92 Å². The molecule has 1 radical (unpaired) electrons. The van der Waals surface area contributed by atoms with E-state index in [2.05, 4.69) is 19.6 Å². The van der Waals surface area contributed by atoms with Crippen LogP contribution in [0.3, 0.4) is 0 Å². The van der Waals surface area contributed by atoms with E-state index in [0.29, 0.717) is 0 Å². The Labute approximate surface area is 78.8 Å². The molecule has 0 amide bonds. The fourth-order valence-corrected chi connectivity index (χ4v) is 2.96. The third kappa shape index (κ3) is 4.29.